The average molecular weight is 835 g/mol. The predicted octanol–water partition coefficient (Wildman–Crippen LogP) is 10.3. The molecule has 0 saturated carbocycles. The van der Waals surface area contributed by atoms with Crippen molar-refractivity contribution in [3.63, 3.8) is 0 Å². The number of rotatable bonds is 34. The van der Waals surface area contributed by atoms with Crippen LogP contribution in [0.25, 0.3) is 0 Å². The maximum absolute atomic E-state index is 12.7. The van der Waals surface area contributed by atoms with E-state index in [1.165, 1.54) is 11.1 Å². The van der Waals surface area contributed by atoms with E-state index >= 15 is 0 Å². The van der Waals surface area contributed by atoms with Crippen molar-refractivity contribution in [2.75, 3.05) is 47.5 Å². The fraction of sp³-hybridized carbons (Fsp3) is 0.652. The second-order valence-corrected chi connectivity index (χ2v) is 17.2. The number of allylic oxidation sites excluding steroid dienone is 8. The predicted molar refractivity (Wildman–Crippen MR) is 233 cm³/mol. The summed E-state index contributed by atoms with van der Waals surface area (Å²) in [5, 5.41) is 9.77. The summed E-state index contributed by atoms with van der Waals surface area (Å²) >= 11 is 0. The summed E-state index contributed by atoms with van der Waals surface area (Å²) in [6, 6.07) is 0. The molecule has 58 heavy (non-hydrogen) atoms. The quantitative estimate of drug-likeness (QED) is 0.0172. The maximum atomic E-state index is 12.7. The molecule has 3 atom stereocenters. The monoisotopic (exact) mass is 835 g/mol. The SMILES string of the molecule is CC/C=C\C(O)C/C=C/C=C\C/C=C\C/C=C\CCCC(=O)OC[C@H](COP(=O)(O)OCC[N+](C)(C)C)OC(=O)CCCCCCCCc1oc(CCC)c(C)c1C. The van der Waals surface area contributed by atoms with Gasteiger partial charge < -0.3 is 28.4 Å². The lowest BCUT2D eigenvalue weighted by atomic mass is 10.0. The van der Waals surface area contributed by atoms with E-state index in [0.717, 1.165) is 82.1 Å². The minimum absolute atomic E-state index is 0.00347. The number of nitrogens with zero attached hydrogens (tertiary/aromatic N) is 1. The Morgan fingerprint density at radius 2 is 1.38 bits per heavy atom. The van der Waals surface area contributed by atoms with Crippen molar-refractivity contribution in [3.05, 3.63) is 83.4 Å². The summed E-state index contributed by atoms with van der Waals surface area (Å²) in [6.45, 7) is 8.23. The van der Waals surface area contributed by atoms with Gasteiger partial charge in [-0.15, -0.1) is 0 Å². The second-order valence-electron chi connectivity index (χ2n) is 15.8. The van der Waals surface area contributed by atoms with Gasteiger partial charge in [0.25, 0.3) is 0 Å². The van der Waals surface area contributed by atoms with E-state index in [9.17, 15) is 24.2 Å². The largest absolute Gasteiger partial charge is 0.472 e. The number of phosphoric ester groups is 1. The third-order valence-electron chi connectivity index (χ3n) is 9.31. The molecule has 0 amide bonds. The molecule has 1 rings (SSSR count). The van der Waals surface area contributed by atoms with Gasteiger partial charge >= 0.3 is 19.8 Å². The second kappa shape index (κ2) is 31.8. The number of phosphoric acid groups is 1. The molecule has 0 aliphatic heterocycles. The van der Waals surface area contributed by atoms with E-state index in [-0.39, 0.29) is 26.1 Å². The summed E-state index contributed by atoms with van der Waals surface area (Å²) in [4.78, 5) is 35.4. The van der Waals surface area contributed by atoms with Crippen LogP contribution >= 0.6 is 7.82 Å². The number of hydrogen-bond donors (Lipinski definition) is 2. The van der Waals surface area contributed by atoms with Gasteiger partial charge in [-0.3, -0.25) is 18.6 Å². The van der Waals surface area contributed by atoms with Crippen molar-refractivity contribution < 1.29 is 51.6 Å². The first kappa shape index (κ1) is 53.0. The number of furan rings is 1. The van der Waals surface area contributed by atoms with Crippen molar-refractivity contribution in [2.45, 2.75) is 149 Å². The highest BCUT2D eigenvalue weighted by atomic mass is 31.2. The minimum Gasteiger partial charge on any atom is -0.466 e. The summed E-state index contributed by atoms with van der Waals surface area (Å²) < 4.78 is 40.3. The molecule has 0 radical (unpaired) electrons. The highest BCUT2D eigenvalue weighted by Gasteiger charge is 2.27. The Bertz CT molecular complexity index is 1470. The Hall–Kier alpha value is -3.05. The zero-order valence-electron chi connectivity index (χ0n) is 36.8. The average Bonchev–Trinajstić information content (AvgIpc) is 3.43. The van der Waals surface area contributed by atoms with Crippen LogP contribution in [0, 0.1) is 13.8 Å². The molecule has 2 N–H and O–H groups in total. The topological polar surface area (TPSA) is 142 Å². The van der Waals surface area contributed by atoms with E-state index in [2.05, 4.69) is 39.0 Å². The van der Waals surface area contributed by atoms with Crippen molar-refractivity contribution in [1.82, 2.24) is 0 Å². The van der Waals surface area contributed by atoms with Crippen LogP contribution in [-0.4, -0.2) is 86.1 Å². The molecule has 1 aromatic rings. The van der Waals surface area contributed by atoms with E-state index < -0.39 is 38.6 Å². The Labute approximate surface area is 350 Å². The van der Waals surface area contributed by atoms with Crippen LogP contribution in [0.3, 0.4) is 0 Å². The van der Waals surface area contributed by atoms with Crippen LogP contribution in [-0.2, 0) is 45.5 Å². The molecular weight excluding hydrogens is 757 g/mol. The molecule has 12 heteroatoms. The zero-order valence-corrected chi connectivity index (χ0v) is 37.7. The highest BCUT2D eigenvalue weighted by molar-refractivity contribution is 7.47. The smallest absolute Gasteiger partial charge is 0.466 e. The third-order valence-corrected chi connectivity index (χ3v) is 10.3. The number of carbonyl (C=O) groups excluding carboxylic acids is 2. The van der Waals surface area contributed by atoms with Gasteiger partial charge in [-0.2, -0.15) is 0 Å². The normalized spacial score (nSPS) is 14.7. The van der Waals surface area contributed by atoms with Crippen molar-refractivity contribution in [3.8, 4) is 0 Å². The Morgan fingerprint density at radius 3 is 2.07 bits per heavy atom. The van der Waals surface area contributed by atoms with Gasteiger partial charge in [0, 0.05) is 25.7 Å². The summed E-state index contributed by atoms with van der Waals surface area (Å²) in [6.07, 6.45) is 32.0. The van der Waals surface area contributed by atoms with Gasteiger partial charge in [0.1, 0.15) is 31.3 Å². The number of aryl methyl sites for hydroxylation is 2. The molecule has 0 aliphatic carbocycles. The van der Waals surface area contributed by atoms with Crippen LogP contribution in [0.2, 0.25) is 0 Å². The molecule has 0 aromatic carbocycles. The number of ether oxygens (including phenoxy) is 2. The number of hydrogen-bond acceptors (Lipinski definition) is 9. The lowest BCUT2D eigenvalue weighted by molar-refractivity contribution is -0.870. The third kappa shape index (κ3) is 28.4. The maximum Gasteiger partial charge on any atom is 0.472 e. The minimum atomic E-state index is -4.42. The molecule has 0 fully saturated rings. The fourth-order valence-electron chi connectivity index (χ4n) is 5.70. The molecule has 0 bridgehead atoms. The molecule has 330 valence electrons. The Kier molecular flexibility index (Phi) is 29.1. The Balaban J connectivity index is 2.43. The van der Waals surface area contributed by atoms with E-state index in [0.29, 0.717) is 36.7 Å². The van der Waals surface area contributed by atoms with Crippen molar-refractivity contribution >= 4 is 19.8 Å². The van der Waals surface area contributed by atoms with Gasteiger partial charge in [-0.05, 0) is 82.8 Å². The van der Waals surface area contributed by atoms with Crippen molar-refractivity contribution in [1.29, 1.82) is 0 Å². The molecule has 2 unspecified atom stereocenters. The van der Waals surface area contributed by atoms with E-state index in [1.54, 1.807) is 0 Å². The lowest BCUT2D eigenvalue weighted by Gasteiger charge is -2.24. The van der Waals surface area contributed by atoms with Gasteiger partial charge in [-0.25, -0.2) is 4.57 Å². The molecule has 0 spiro atoms. The molecule has 1 aromatic heterocycles. The number of esters is 2. The standard InChI is InChI=1S/C46H76NO10P/c1-8-10-30-41(48)31-25-21-17-15-13-11-12-14-16-18-23-27-33-45(49)53-37-42(38-55-58(51,52)54-36-35-47(5,6)7)56-46(50)34-28-24-20-19-22-26-32-44-40(4)39(3)43(57-44)29-9-2/h10-12,15-18,21,25,30,41-42,48H,8-9,13-14,19-20,22-24,26-29,31-38H2,1-7H3/p+1/b12-11-,17-15-,18-16-,25-21+,30-10-/t41?,42-/m1/s1. The first-order valence-corrected chi connectivity index (χ1v) is 23.0. The molecule has 11 nitrogen and oxygen atoms in total. The first-order chi connectivity index (χ1) is 27.7. The molecule has 0 aliphatic rings. The number of aliphatic hydroxyl groups excluding tert-OH is 1. The summed E-state index contributed by atoms with van der Waals surface area (Å²) in [5.41, 5.74) is 2.56. The van der Waals surface area contributed by atoms with Gasteiger partial charge in [-0.1, -0.05) is 100 Å². The molecular formula is C46H77NO10P+. The van der Waals surface area contributed by atoms with Gasteiger partial charge in [0.2, 0.25) is 0 Å². The van der Waals surface area contributed by atoms with Crippen LogP contribution in [0.1, 0.15) is 133 Å². The Morgan fingerprint density at radius 1 is 0.759 bits per heavy atom. The van der Waals surface area contributed by atoms with E-state index in [1.807, 2.05) is 70.6 Å². The number of aliphatic hydroxyl groups is 1. The summed E-state index contributed by atoms with van der Waals surface area (Å²) in [5.74, 6) is 1.29. The van der Waals surface area contributed by atoms with Crippen LogP contribution in [0.15, 0.2) is 65.2 Å². The first-order valence-electron chi connectivity index (χ1n) is 21.5. The van der Waals surface area contributed by atoms with Gasteiger partial charge in [0.15, 0.2) is 6.10 Å². The van der Waals surface area contributed by atoms with Gasteiger partial charge in [0.05, 0.1) is 33.9 Å². The van der Waals surface area contributed by atoms with Crippen LogP contribution in [0.5, 0.6) is 0 Å². The summed E-state index contributed by atoms with van der Waals surface area (Å²) in [7, 11) is 1.38. The molecule has 0 saturated heterocycles. The van der Waals surface area contributed by atoms with Crippen molar-refractivity contribution in [2.24, 2.45) is 0 Å². The number of carbonyl (C=O) groups is 2. The number of unbranched alkanes of at least 4 members (excludes halogenated alkanes) is 6. The lowest BCUT2D eigenvalue weighted by Crippen LogP contribution is -2.37. The number of likely N-dealkylation sites (N-methyl/N-ethyl adjacent to an activating group) is 1. The highest BCUT2D eigenvalue weighted by Crippen LogP contribution is 2.43. The van der Waals surface area contributed by atoms with Crippen LogP contribution < -0.4 is 0 Å². The zero-order chi connectivity index (χ0) is 43.1. The fourth-order valence-corrected chi connectivity index (χ4v) is 6.44. The molecule has 1 heterocycles. The van der Waals surface area contributed by atoms with E-state index in [4.69, 9.17) is 22.9 Å². The van der Waals surface area contributed by atoms with Crippen LogP contribution in [0.4, 0.5) is 0 Å². The number of quaternary nitrogens is 1.